The number of rotatable bonds is 0. The molecule has 0 aromatic heterocycles. The van der Waals surface area contributed by atoms with Crippen molar-refractivity contribution in [2.24, 2.45) is 0 Å². The summed E-state index contributed by atoms with van der Waals surface area (Å²) in [6.07, 6.45) is -5.08. The van der Waals surface area contributed by atoms with Crippen LogP contribution in [0.15, 0.2) is 0 Å². The van der Waals surface area contributed by atoms with Crippen LogP contribution >= 0.6 is 0 Å². The second kappa shape index (κ2) is 6.35. The van der Waals surface area contributed by atoms with E-state index in [0.29, 0.717) is 0 Å². The Balaban J connectivity index is -0.000000180. The molecule has 9 heavy (non-hydrogen) atoms. The number of hydrogen-bond donors (Lipinski definition) is 1. The fraction of sp³-hybridized carbons (Fsp3) is 0.500. The molecule has 0 aromatic rings. The van der Waals surface area contributed by atoms with Gasteiger partial charge in [0.05, 0.1) is 0 Å². The summed E-state index contributed by atoms with van der Waals surface area (Å²) in [5.41, 5.74) is 0. The Morgan fingerprint density at radius 2 is 1.44 bits per heavy atom. The van der Waals surface area contributed by atoms with Crippen LogP contribution in [0.2, 0.25) is 0 Å². The van der Waals surface area contributed by atoms with E-state index in [1.54, 1.807) is 0 Å². The predicted octanol–water partition coefficient (Wildman–Crippen LogP) is 0.250. The van der Waals surface area contributed by atoms with Crippen molar-refractivity contribution < 1.29 is 45.5 Å². The summed E-state index contributed by atoms with van der Waals surface area (Å²) in [6, 6.07) is 0. The fourth-order valence-electron chi connectivity index (χ4n) is 0. The zero-order valence-corrected chi connectivity index (χ0v) is 8.90. The van der Waals surface area contributed by atoms with Gasteiger partial charge in [0.1, 0.15) is 0 Å². The minimum Gasteiger partial charge on any atom is -0.475 e. The van der Waals surface area contributed by atoms with E-state index in [2.05, 4.69) is 0 Å². The van der Waals surface area contributed by atoms with Gasteiger partial charge in [-0.2, -0.15) is 13.2 Å². The van der Waals surface area contributed by atoms with E-state index < -0.39 is 12.1 Å². The van der Waals surface area contributed by atoms with Crippen molar-refractivity contribution in [2.75, 3.05) is 0 Å². The van der Waals surface area contributed by atoms with Crippen molar-refractivity contribution in [1.82, 2.24) is 0 Å². The van der Waals surface area contributed by atoms with Crippen molar-refractivity contribution in [3.8, 4) is 0 Å². The average molecular weight is 261 g/mol. The van der Waals surface area contributed by atoms with Crippen LogP contribution in [0, 0.1) is 0 Å². The van der Waals surface area contributed by atoms with Crippen LogP contribution in [0.4, 0.5) is 13.2 Å². The molecule has 0 aliphatic carbocycles. The number of carboxylic acids is 1. The quantitative estimate of drug-likeness (QED) is 0.635. The third-order valence-corrected chi connectivity index (χ3v) is 0.243. The van der Waals surface area contributed by atoms with Gasteiger partial charge in [-0.05, 0) is 0 Å². The smallest absolute Gasteiger partial charge is 0.475 e. The Morgan fingerprint density at radius 1 is 1.33 bits per heavy atom. The predicted molar refractivity (Wildman–Crippen MR) is 19.4 cm³/mol. The Morgan fingerprint density at radius 3 is 1.44 bits per heavy atom. The standard InChI is InChI=1S/C2HF3O2.Ag.K/c3-2(4,5)1(6)7;;/h(H,6,7);;. The maximum atomic E-state index is 10.6. The minimum atomic E-state index is -5.08. The van der Waals surface area contributed by atoms with E-state index in [0.717, 1.165) is 0 Å². The molecule has 7 heteroatoms. The van der Waals surface area contributed by atoms with Gasteiger partial charge < -0.3 is 5.11 Å². The van der Waals surface area contributed by atoms with Crippen LogP contribution in [-0.2, 0) is 27.2 Å². The molecule has 0 unspecified atom stereocenters. The Bertz CT molecular complexity index is 92.3. The monoisotopic (exact) mass is 260 g/mol. The largest absolute Gasteiger partial charge is 0.490 e. The van der Waals surface area contributed by atoms with Gasteiger partial charge >= 0.3 is 12.1 Å². The van der Waals surface area contributed by atoms with Crippen LogP contribution in [0.1, 0.15) is 0 Å². The maximum Gasteiger partial charge on any atom is 0.490 e. The number of hydrogen-bond acceptors (Lipinski definition) is 1. The molecule has 0 rings (SSSR count). The van der Waals surface area contributed by atoms with Crippen molar-refractivity contribution in [2.45, 2.75) is 6.18 Å². The second-order valence-electron chi connectivity index (χ2n) is 0.803. The SMILES string of the molecule is O=C(O)C(F)(F)F.[Ag].[K]. The normalized spacial score (nSPS) is 8.78. The van der Waals surface area contributed by atoms with Crippen LogP contribution < -0.4 is 0 Å². The van der Waals surface area contributed by atoms with Crippen molar-refractivity contribution in [1.29, 1.82) is 0 Å². The molecule has 1 N–H and O–H groups in total. The summed E-state index contributed by atoms with van der Waals surface area (Å²) >= 11 is 0. The molecule has 0 saturated carbocycles. The number of halogens is 3. The molecule has 0 aliphatic heterocycles. The summed E-state index contributed by atoms with van der Waals surface area (Å²) in [7, 11) is 0. The first-order chi connectivity index (χ1) is 2.94. The first-order valence-electron chi connectivity index (χ1n) is 1.24. The summed E-state index contributed by atoms with van der Waals surface area (Å²) < 4.78 is 31.7. The molecule has 0 aromatic carbocycles. The molecule has 0 spiro atoms. The third-order valence-electron chi connectivity index (χ3n) is 0.243. The van der Waals surface area contributed by atoms with E-state index in [4.69, 9.17) is 9.90 Å². The third kappa shape index (κ3) is 9.64. The molecular weight excluding hydrogens is 260 g/mol. The molecule has 0 bridgehead atoms. The van der Waals surface area contributed by atoms with Gasteiger partial charge in [0.2, 0.25) is 0 Å². The van der Waals surface area contributed by atoms with Gasteiger partial charge in [-0.3, -0.25) is 0 Å². The number of carboxylic acid groups (broad SMARTS) is 1. The van der Waals surface area contributed by atoms with E-state index in [1.807, 2.05) is 0 Å². The molecule has 2 nitrogen and oxygen atoms in total. The molecule has 2 radical (unpaired) electrons. The van der Waals surface area contributed by atoms with E-state index in [-0.39, 0.29) is 73.8 Å². The van der Waals surface area contributed by atoms with E-state index in [1.165, 1.54) is 0 Å². The van der Waals surface area contributed by atoms with Gasteiger partial charge in [0, 0.05) is 73.8 Å². The zero-order chi connectivity index (χ0) is 6.08. The summed E-state index contributed by atoms with van der Waals surface area (Å²) in [6.45, 7) is 0. The summed E-state index contributed by atoms with van der Waals surface area (Å²) in [5, 5.41) is 7.12. The van der Waals surface area contributed by atoms with Crippen LogP contribution in [0.5, 0.6) is 0 Å². The summed E-state index contributed by atoms with van der Waals surface area (Å²) in [4.78, 5) is 8.90. The summed E-state index contributed by atoms with van der Waals surface area (Å²) in [5.74, 6) is -2.76. The maximum absolute atomic E-state index is 10.6. The van der Waals surface area contributed by atoms with Gasteiger partial charge in [-0.15, -0.1) is 0 Å². The number of aliphatic carboxylic acids is 1. The number of alkyl halides is 3. The minimum absolute atomic E-state index is 0. The van der Waals surface area contributed by atoms with Crippen LogP contribution in [0.3, 0.4) is 0 Å². The average Bonchev–Trinajstić information content (AvgIpc) is 1.31. The Labute approximate surface area is 107 Å². The fourth-order valence-corrected chi connectivity index (χ4v) is 0. The molecule has 0 heterocycles. The molecule has 0 saturated heterocycles. The Kier molecular flexibility index (Phi) is 12.0. The molecule has 0 amide bonds. The van der Waals surface area contributed by atoms with E-state index in [9.17, 15) is 13.2 Å². The number of carbonyl (C=O) groups is 1. The molecule has 54 valence electrons. The zero-order valence-electron chi connectivity index (χ0n) is 4.29. The Hall–Kier alpha value is 1.64. The second-order valence-corrected chi connectivity index (χ2v) is 0.803. The first kappa shape index (κ1) is 16.9. The van der Waals surface area contributed by atoms with Crippen molar-refractivity contribution >= 4 is 57.4 Å². The van der Waals surface area contributed by atoms with Crippen molar-refractivity contribution in [3.05, 3.63) is 0 Å². The van der Waals surface area contributed by atoms with E-state index >= 15 is 0 Å². The molecule has 0 aliphatic rings. The first-order valence-corrected chi connectivity index (χ1v) is 1.24. The van der Waals surface area contributed by atoms with Gasteiger partial charge in [-0.1, -0.05) is 0 Å². The van der Waals surface area contributed by atoms with Crippen LogP contribution in [0.25, 0.3) is 0 Å². The van der Waals surface area contributed by atoms with Gasteiger partial charge in [0.25, 0.3) is 0 Å². The topological polar surface area (TPSA) is 37.3 Å². The van der Waals surface area contributed by atoms with Gasteiger partial charge in [-0.25, -0.2) is 4.79 Å². The van der Waals surface area contributed by atoms with Crippen LogP contribution in [-0.4, -0.2) is 68.6 Å². The molecule has 0 fully saturated rings. The van der Waals surface area contributed by atoms with Gasteiger partial charge in [0.15, 0.2) is 0 Å². The molecule has 0 atom stereocenters. The molecular formula is C2HAgF3KO2. The van der Waals surface area contributed by atoms with Crippen molar-refractivity contribution in [3.63, 3.8) is 0 Å².